The van der Waals surface area contributed by atoms with Crippen LogP contribution in [0.3, 0.4) is 0 Å². The first kappa shape index (κ1) is 14.6. The van der Waals surface area contributed by atoms with Crippen LogP contribution >= 0.6 is 0 Å². The van der Waals surface area contributed by atoms with Gasteiger partial charge in [-0.25, -0.2) is 0 Å². The Balaban J connectivity index is 1.89. The van der Waals surface area contributed by atoms with Gasteiger partial charge in [0.15, 0.2) is 0 Å². The maximum Gasteiger partial charge on any atom is 0.118 e. The molecule has 2 aromatic carbocycles. The van der Waals surface area contributed by atoms with Crippen LogP contribution in [0.2, 0.25) is 0 Å². The lowest BCUT2D eigenvalue weighted by atomic mass is 9.96. The van der Waals surface area contributed by atoms with Crippen LogP contribution in [-0.4, -0.2) is 13.2 Å². The van der Waals surface area contributed by atoms with Gasteiger partial charge in [0.2, 0.25) is 0 Å². The van der Waals surface area contributed by atoms with E-state index in [1.54, 1.807) is 7.11 Å². The van der Waals surface area contributed by atoms with Gasteiger partial charge in [-0.05, 0) is 30.2 Å². The third kappa shape index (κ3) is 3.84. The second-order valence-corrected chi connectivity index (χ2v) is 5.06. The van der Waals surface area contributed by atoms with E-state index in [2.05, 4.69) is 38.1 Å². The molecule has 2 heteroatoms. The Hall–Kier alpha value is -1.80. The van der Waals surface area contributed by atoms with Crippen molar-refractivity contribution in [2.24, 2.45) is 0 Å². The zero-order valence-electron chi connectivity index (χ0n) is 12.4. The van der Waals surface area contributed by atoms with Crippen molar-refractivity contribution in [3.05, 3.63) is 65.7 Å². The normalized spacial score (nSPS) is 13.8. The van der Waals surface area contributed by atoms with Crippen LogP contribution in [0, 0.1) is 0 Å². The van der Waals surface area contributed by atoms with E-state index < -0.39 is 0 Å². The van der Waals surface area contributed by atoms with Crippen molar-refractivity contribution in [1.82, 2.24) is 0 Å². The molecule has 2 aromatic rings. The fourth-order valence-corrected chi connectivity index (χ4v) is 2.12. The minimum absolute atomic E-state index is 0.180. The molecule has 0 bridgehead atoms. The molecule has 0 fully saturated rings. The lowest BCUT2D eigenvalue weighted by Crippen LogP contribution is -2.16. The molecule has 0 N–H and O–H groups in total. The Morgan fingerprint density at radius 3 is 2.15 bits per heavy atom. The van der Waals surface area contributed by atoms with Crippen LogP contribution in [0.1, 0.15) is 30.9 Å². The summed E-state index contributed by atoms with van der Waals surface area (Å²) in [5, 5.41) is 0. The molecule has 0 saturated carbocycles. The molecule has 106 valence electrons. The Kier molecular flexibility index (Phi) is 5.19. The van der Waals surface area contributed by atoms with E-state index in [0.717, 1.165) is 11.3 Å². The molecule has 0 aliphatic rings. The summed E-state index contributed by atoms with van der Waals surface area (Å²) in [5.41, 5.74) is 2.48. The van der Waals surface area contributed by atoms with Crippen molar-refractivity contribution in [2.45, 2.75) is 32.5 Å². The third-order valence-corrected chi connectivity index (χ3v) is 3.70. The smallest absolute Gasteiger partial charge is 0.118 e. The van der Waals surface area contributed by atoms with E-state index in [1.165, 1.54) is 5.56 Å². The van der Waals surface area contributed by atoms with Gasteiger partial charge >= 0.3 is 0 Å². The number of hydrogen-bond acceptors (Lipinski definition) is 2. The van der Waals surface area contributed by atoms with Gasteiger partial charge < -0.3 is 9.47 Å². The number of methoxy groups -OCH3 is 1. The number of benzene rings is 2. The lowest BCUT2D eigenvalue weighted by Gasteiger charge is -2.21. The van der Waals surface area contributed by atoms with Crippen LogP contribution in [-0.2, 0) is 11.3 Å². The maximum atomic E-state index is 5.98. The second kappa shape index (κ2) is 7.11. The molecule has 0 aromatic heterocycles. The summed E-state index contributed by atoms with van der Waals surface area (Å²) in [6, 6.07) is 18.5. The van der Waals surface area contributed by atoms with Crippen molar-refractivity contribution in [3.63, 3.8) is 0 Å². The van der Waals surface area contributed by atoms with Crippen LogP contribution in [0.5, 0.6) is 5.75 Å². The monoisotopic (exact) mass is 270 g/mol. The van der Waals surface area contributed by atoms with E-state index in [9.17, 15) is 0 Å². The Morgan fingerprint density at radius 2 is 1.55 bits per heavy atom. The highest BCUT2D eigenvalue weighted by molar-refractivity contribution is 5.26. The molecule has 2 rings (SSSR count). The number of rotatable bonds is 6. The van der Waals surface area contributed by atoms with E-state index in [0.29, 0.717) is 12.5 Å². The highest BCUT2D eigenvalue weighted by atomic mass is 16.5. The molecule has 0 spiro atoms. The standard InChI is InChI=1S/C18H22O2/c1-14(17-7-5-4-6-8-17)15(2)20-13-16-9-11-18(19-3)12-10-16/h4-12,14-15H,13H2,1-3H3. The van der Waals surface area contributed by atoms with Crippen LogP contribution in [0.15, 0.2) is 54.6 Å². The Labute approximate surface area is 121 Å². The summed E-state index contributed by atoms with van der Waals surface area (Å²) in [5.74, 6) is 1.26. The molecular formula is C18H22O2. The highest BCUT2D eigenvalue weighted by Crippen LogP contribution is 2.22. The summed E-state index contributed by atoms with van der Waals surface area (Å²) < 4.78 is 11.1. The molecule has 0 saturated heterocycles. The van der Waals surface area contributed by atoms with E-state index >= 15 is 0 Å². The predicted octanol–water partition coefficient (Wildman–Crippen LogP) is 4.40. The van der Waals surface area contributed by atoms with E-state index in [4.69, 9.17) is 9.47 Å². The Bertz CT molecular complexity index is 505. The molecule has 0 radical (unpaired) electrons. The summed E-state index contributed by atoms with van der Waals surface area (Å²) in [4.78, 5) is 0. The summed E-state index contributed by atoms with van der Waals surface area (Å²) in [6.07, 6.45) is 0.180. The van der Waals surface area contributed by atoms with Crippen LogP contribution in [0.4, 0.5) is 0 Å². The van der Waals surface area contributed by atoms with Gasteiger partial charge in [0.1, 0.15) is 5.75 Å². The van der Waals surface area contributed by atoms with Crippen molar-refractivity contribution >= 4 is 0 Å². The SMILES string of the molecule is COc1ccc(COC(C)C(C)c2ccccc2)cc1. The van der Waals surface area contributed by atoms with Crippen LogP contribution in [0.25, 0.3) is 0 Å². The molecule has 0 aliphatic heterocycles. The van der Waals surface area contributed by atoms with Gasteiger partial charge in [-0.15, -0.1) is 0 Å². The lowest BCUT2D eigenvalue weighted by molar-refractivity contribution is 0.0382. The van der Waals surface area contributed by atoms with Crippen molar-refractivity contribution in [3.8, 4) is 5.75 Å². The largest absolute Gasteiger partial charge is 0.497 e. The van der Waals surface area contributed by atoms with Gasteiger partial charge in [0.05, 0.1) is 19.8 Å². The fraction of sp³-hybridized carbons (Fsp3) is 0.333. The maximum absolute atomic E-state index is 5.98. The summed E-state index contributed by atoms with van der Waals surface area (Å²) in [6.45, 7) is 4.96. The summed E-state index contributed by atoms with van der Waals surface area (Å²) in [7, 11) is 1.68. The van der Waals surface area contributed by atoms with Gasteiger partial charge in [0.25, 0.3) is 0 Å². The third-order valence-electron chi connectivity index (χ3n) is 3.70. The van der Waals surface area contributed by atoms with E-state index in [1.807, 2.05) is 30.3 Å². The predicted molar refractivity (Wildman–Crippen MR) is 82.1 cm³/mol. The van der Waals surface area contributed by atoms with Crippen molar-refractivity contribution in [1.29, 1.82) is 0 Å². The molecule has 20 heavy (non-hydrogen) atoms. The van der Waals surface area contributed by atoms with Gasteiger partial charge in [-0.2, -0.15) is 0 Å². The van der Waals surface area contributed by atoms with E-state index in [-0.39, 0.29) is 6.10 Å². The van der Waals surface area contributed by atoms with Crippen molar-refractivity contribution in [2.75, 3.05) is 7.11 Å². The molecule has 0 heterocycles. The summed E-state index contributed by atoms with van der Waals surface area (Å²) >= 11 is 0. The first-order chi connectivity index (χ1) is 9.70. The minimum Gasteiger partial charge on any atom is -0.497 e. The first-order valence-electron chi connectivity index (χ1n) is 7.00. The average Bonchev–Trinajstić information content (AvgIpc) is 2.53. The molecule has 0 amide bonds. The molecular weight excluding hydrogens is 248 g/mol. The second-order valence-electron chi connectivity index (χ2n) is 5.06. The number of hydrogen-bond donors (Lipinski definition) is 0. The quantitative estimate of drug-likeness (QED) is 0.774. The highest BCUT2D eigenvalue weighted by Gasteiger charge is 2.14. The fourth-order valence-electron chi connectivity index (χ4n) is 2.12. The van der Waals surface area contributed by atoms with Gasteiger partial charge in [-0.3, -0.25) is 0 Å². The number of ether oxygens (including phenoxy) is 2. The zero-order chi connectivity index (χ0) is 14.4. The minimum atomic E-state index is 0.180. The molecule has 2 nitrogen and oxygen atoms in total. The van der Waals surface area contributed by atoms with Gasteiger partial charge in [-0.1, -0.05) is 49.4 Å². The van der Waals surface area contributed by atoms with Crippen molar-refractivity contribution < 1.29 is 9.47 Å². The molecule has 0 aliphatic carbocycles. The van der Waals surface area contributed by atoms with Gasteiger partial charge in [0, 0.05) is 5.92 Å². The average molecular weight is 270 g/mol. The molecule has 2 atom stereocenters. The topological polar surface area (TPSA) is 18.5 Å². The van der Waals surface area contributed by atoms with Crippen LogP contribution < -0.4 is 4.74 Å². The first-order valence-corrected chi connectivity index (χ1v) is 7.00. The molecule has 2 unspecified atom stereocenters. The Morgan fingerprint density at radius 1 is 0.900 bits per heavy atom. The zero-order valence-corrected chi connectivity index (χ0v) is 12.4.